The van der Waals surface area contributed by atoms with Gasteiger partial charge in [-0.05, 0) is 38.7 Å². The van der Waals surface area contributed by atoms with E-state index >= 15 is 0 Å². The van der Waals surface area contributed by atoms with E-state index in [-0.39, 0.29) is 17.5 Å². The minimum Gasteiger partial charge on any atom is -0.505 e. The molecular weight excluding hydrogens is 247 g/mol. The molecule has 0 bridgehead atoms. The van der Waals surface area contributed by atoms with Crippen molar-refractivity contribution in [3.05, 3.63) is 29.6 Å². The van der Waals surface area contributed by atoms with Gasteiger partial charge in [-0.3, -0.25) is 4.79 Å². The Morgan fingerprint density at radius 2 is 2.16 bits per heavy atom. The van der Waals surface area contributed by atoms with E-state index < -0.39 is 11.6 Å². The fourth-order valence-corrected chi connectivity index (χ4v) is 1.84. The van der Waals surface area contributed by atoms with Crippen molar-refractivity contribution in [2.24, 2.45) is 0 Å². The van der Waals surface area contributed by atoms with Gasteiger partial charge in [0.1, 0.15) is 0 Å². The molecule has 0 saturated heterocycles. The first-order valence-electron chi connectivity index (χ1n) is 6.38. The van der Waals surface area contributed by atoms with E-state index in [1.165, 1.54) is 12.1 Å². The fraction of sp³-hybridized carbons (Fsp3) is 0.500. The normalized spacial score (nSPS) is 12.5. The van der Waals surface area contributed by atoms with Crippen LogP contribution in [-0.4, -0.2) is 42.6 Å². The molecule has 0 aliphatic heterocycles. The van der Waals surface area contributed by atoms with Crippen LogP contribution < -0.4 is 5.32 Å². The molecule has 0 fully saturated rings. The molecule has 1 atom stereocenters. The lowest BCUT2D eigenvalue weighted by molar-refractivity contribution is 0.0940. The van der Waals surface area contributed by atoms with Gasteiger partial charge in [0.05, 0.1) is 0 Å². The summed E-state index contributed by atoms with van der Waals surface area (Å²) < 4.78 is 13.1. The molecule has 106 valence electrons. The van der Waals surface area contributed by atoms with Crippen LogP contribution in [0.15, 0.2) is 18.2 Å². The summed E-state index contributed by atoms with van der Waals surface area (Å²) in [6, 6.07) is 3.88. The molecule has 1 amide bonds. The average molecular weight is 268 g/mol. The van der Waals surface area contributed by atoms with Gasteiger partial charge < -0.3 is 15.3 Å². The first-order valence-corrected chi connectivity index (χ1v) is 6.38. The molecule has 0 aromatic heterocycles. The van der Waals surface area contributed by atoms with E-state index in [4.69, 9.17) is 5.11 Å². The number of nitrogens with zero attached hydrogens (tertiary/aromatic N) is 1. The number of benzene rings is 1. The molecule has 0 spiro atoms. The van der Waals surface area contributed by atoms with E-state index in [1.807, 2.05) is 14.1 Å². The quantitative estimate of drug-likeness (QED) is 0.829. The van der Waals surface area contributed by atoms with E-state index in [2.05, 4.69) is 17.1 Å². The maximum atomic E-state index is 13.1. The third-order valence-corrected chi connectivity index (χ3v) is 3.06. The van der Waals surface area contributed by atoms with Crippen LogP contribution in [-0.2, 0) is 0 Å². The number of phenols is 1. The predicted molar refractivity (Wildman–Crippen MR) is 72.8 cm³/mol. The number of hydrogen-bond acceptors (Lipinski definition) is 3. The summed E-state index contributed by atoms with van der Waals surface area (Å²) in [4.78, 5) is 13.9. The van der Waals surface area contributed by atoms with Gasteiger partial charge in [-0.25, -0.2) is 4.39 Å². The predicted octanol–water partition coefficient (Wildman–Crippen LogP) is 1.99. The van der Waals surface area contributed by atoms with Gasteiger partial charge in [0.25, 0.3) is 5.91 Å². The van der Waals surface area contributed by atoms with Gasteiger partial charge in [0.2, 0.25) is 0 Å². The van der Waals surface area contributed by atoms with Crippen LogP contribution in [0.3, 0.4) is 0 Å². The van der Waals surface area contributed by atoms with Crippen LogP contribution in [0.2, 0.25) is 0 Å². The monoisotopic (exact) mass is 268 g/mol. The molecule has 1 aromatic carbocycles. The van der Waals surface area contributed by atoms with Crippen molar-refractivity contribution in [2.75, 3.05) is 20.6 Å². The molecule has 4 nitrogen and oxygen atoms in total. The van der Waals surface area contributed by atoms with Crippen molar-refractivity contribution in [1.29, 1.82) is 0 Å². The summed E-state index contributed by atoms with van der Waals surface area (Å²) in [5.41, 5.74) is 0.212. The Balaban J connectivity index is 2.61. The second-order valence-corrected chi connectivity index (χ2v) is 4.78. The Kier molecular flexibility index (Phi) is 5.76. The fourth-order valence-electron chi connectivity index (χ4n) is 1.84. The average Bonchev–Trinajstić information content (AvgIpc) is 2.37. The van der Waals surface area contributed by atoms with E-state index in [0.717, 1.165) is 18.9 Å². The highest BCUT2D eigenvalue weighted by molar-refractivity contribution is 5.94. The van der Waals surface area contributed by atoms with Crippen LogP contribution in [0.4, 0.5) is 4.39 Å². The molecule has 0 saturated carbocycles. The van der Waals surface area contributed by atoms with Crippen LogP contribution >= 0.6 is 0 Å². The number of rotatable bonds is 6. The minimum atomic E-state index is -0.787. The Morgan fingerprint density at radius 1 is 1.47 bits per heavy atom. The third-order valence-electron chi connectivity index (χ3n) is 3.06. The van der Waals surface area contributed by atoms with Crippen molar-refractivity contribution in [1.82, 2.24) is 10.2 Å². The van der Waals surface area contributed by atoms with E-state index in [9.17, 15) is 9.18 Å². The summed E-state index contributed by atoms with van der Waals surface area (Å²) >= 11 is 0. The van der Waals surface area contributed by atoms with Crippen molar-refractivity contribution in [2.45, 2.75) is 25.8 Å². The van der Waals surface area contributed by atoms with Gasteiger partial charge in [-0.1, -0.05) is 13.3 Å². The maximum absolute atomic E-state index is 13.1. The molecule has 0 aliphatic carbocycles. The van der Waals surface area contributed by atoms with Crippen LogP contribution in [0.1, 0.15) is 30.1 Å². The van der Waals surface area contributed by atoms with Gasteiger partial charge >= 0.3 is 0 Å². The molecule has 0 aliphatic rings. The number of nitrogens with one attached hydrogen (secondary N) is 1. The number of aromatic hydroxyl groups is 1. The van der Waals surface area contributed by atoms with Crippen LogP contribution in [0.25, 0.3) is 0 Å². The second kappa shape index (κ2) is 7.09. The Hall–Kier alpha value is -1.62. The lowest BCUT2D eigenvalue weighted by Gasteiger charge is -2.24. The summed E-state index contributed by atoms with van der Waals surface area (Å²) in [6.07, 6.45) is 2.02. The van der Waals surface area contributed by atoms with Crippen LogP contribution in [0.5, 0.6) is 5.75 Å². The number of hydrogen-bond donors (Lipinski definition) is 2. The van der Waals surface area contributed by atoms with Crippen molar-refractivity contribution in [3.63, 3.8) is 0 Å². The lowest BCUT2D eigenvalue weighted by Crippen LogP contribution is -2.40. The zero-order chi connectivity index (χ0) is 14.4. The first kappa shape index (κ1) is 15.4. The Bertz CT molecular complexity index is 435. The van der Waals surface area contributed by atoms with Gasteiger partial charge in [0, 0.05) is 18.2 Å². The second-order valence-electron chi connectivity index (χ2n) is 4.78. The Labute approximate surface area is 113 Å². The molecule has 1 rings (SSSR count). The van der Waals surface area contributed by atoms with Crippen molar-refractivity contribution in [3.8, 4) is 5.75 Å². The number of likely N-dealkylation sites (N-methyl/N-ethyl adjacent to an activating group) is 1. The third kappa shape index (κ3) is 4.52. The molecule has 5 heteroatoms. The number of phenolic OH excluding ortho intramolecular Hbond substituents is 1. The van der Waals surface area contributed by atoms with Crippen molar-refractivity contribution < 1.29 is 14.3 Å². The summed E-state index contributed by atoms with van der Waals surface area (Å²) in [7, 11) is 3.93. The number of carbonyl (C=O) groups is 1. The van der Waals surface area contributed by atoms with Gasteiger partial charge in [0.15, 0.2) is 11.6 Å². The highest BCUT2D eigenvalue weighted by atomic mass is 19.1. The van der Waals surface area contributed by atoms with Crippen molar-refractivity contribution >= 4 is 5.91 Å². The molecule has 1 aromatic rings. The minimum absolute atomic E-state index is 0.212. The topological polar surface area (TPSA) is 52.6 Å². The first-order chi connectivity index (χ1) is 8.95. The largest absolute Gasteiger partial charge is 0.505 e. The zero-order valence-electron chi connectivity index (χ0n) is 11.6. The van der Waals surface area contributed by atoms with E-state index in [1.54, 1.807) is 0 Å². The molecule has 0 unspecified atom stereocenters. The van der Waals surface area contributed by atoms with Crippen LogP contribution in [0, 0.1) is 5.82 Å². The number of amides is 1. The zero-order valence-corrected chi connectivity index (χ0v) is 11.6. The SMILES string of the molecule is CCC[C@H](CNC(=O)c1ccc(O)c(F)c1)N(C)C. The maximum Gasteiger partial charge on any atom is 0.251 e. The lowest BCUT2D eigenvalue weighted by atomic mass is 10.1. The number of carbonyl (C=O) groups excluding carboxylic acids is 1. The summed E-state index contributed by atoms with van der Waals surface area (Å²) in [5, 5.41) is 11.9. The summed E-state index contributed by atoms with van der Waals surface area (Å²) in [6.45, 7) is 2.61. The molecule has 0 radical (unpaired) electrons. The van der Waals surface area contributed by atoms with Gasteiger partial charge in [-0.2, -0.15) is 0 Å². The van der Waals surface area contributed by atoms with E-state index in [0.29, 0.717) is 6.54 Å². The number of halogens is 1. The highest BCUT2D eigenvalue weighted by Crippen LogP contribution is 2.16. The standard InChI is InChI=1S/C14H21FN2O2/c1-4-5-11(17(2)3)9-16-14(19)10-6-7-13(18)12(15)8-10/h6-8,11,18H,4-5,9H2,1-3H3,(H,16,19)/t11-/m1/s1. The Morgan fingerprint density at radius 3 is 2.68 bits per heavy atom. The molecule has 2 N–H and O–H groups in total. The smallest absolute Gasteiger partial charge is 0.251 e. The highest BCUT2D eigenvalue weighted by Gasteiger charge is 2.13. The molecule has 19 heavy (non-hydrogen) atoms. The van der Waals surface area contributed by atoms with Gasteiger partial charge in [-0.15, -0.1) is 0 Å². The summed E-state index contributed by atoms with van der Waals surface area (Å²) in [5.74, 6) is -1.57. The molecule has 0 heterocycles. The molecular formula is C14H21FN2O2.